The van der Waals surface area contributed by atoms with Crippen LogP contribution in [0.3, 0.4) is 0 Å². The SMILES string of the molecule is O=C(CCCOc1ccccc1)NCc1ccc(F)cc1. The molecule has 2 aromatic carbocycles. The monoisotopic (exact) mass is 287 g/mol. The number of benzene rings is 2. The highest BCUT2D eigenvalue weighted by Crippen LogP contribution is 2.08. The fraction of sp³-hybridized carbons (Fsp3) is 0.235. The summed E-state index contributed by atoms with van der Waals surface area (Å²) in [6.45, 7) is 0.923. The van der Waals surface area contributed by atoms with Crippen LogP contribution >= 0.6 is 0 Å². The average molecular weight is 287 g/mol. The number of halogens is 1. The first-order valence-electron chi connectivity index (χ1n) is 6.93. The molecule has 0 saturated carbocycles. The molecular formula is C17H18FNO2. The summed E-state index contributed by atoms with van der Waals surface area (Å²) in [6.07, 6.45) is 1.07. The van der Waals surface area contributed by atoms with Gasteiger partial charge in [-0.15, -0.1) is 0 Å². The molecule has 110 valence electrons. The predicted octanol–water partition coefficient (Wildman–Crippen LogP) is 3.30. The second-order valence-electron chi connectivity index (χ2n) is 4.67. The minimum Gasteiger partial charge on any atom is -0.494 e. The van der Waals surface area contributed by atoms with Gasteiger partial charge in [-0.25, -0.2) is 4.39 Å². The third-order valence-electron chi connectivity index (χ3n) is 2.96. The Morgan fingerprint density at radius 1 is 1.05 bits per heavy atom. The van der Waals surface area contributed by atoms with Gasteiger partial charge in [0, 0.05) is 13.0 Å². The number of rotatable bonds is 7. The van der Waals surface area contributed by atoms with Crippen molar-refractivity contribution in [3.8, 4) is 5.75 Å². The number of hydrogen-bond acceptors (Lipinski definition) is 2. The Morgan fingerprint density at radius 3 is 2.48 bits per heavy atom. The standard InChI is InChI=1S/C17H18FNO2/c18-15-10-8-14(9-11-15)13-19-17(20)7-4-12-21-16-5-2-1-3-6-16/h1-3,5-6,8-11H,4,7,12-13H2,(H,19,20). The van der Waals surface area contributed by atoms with Gasteiger partial charge in [-0.1, -0.05) is 30.3 Å². The zero-order valence-electron chi connectivity index (χ0n) is 11.7. The second kappa shape index (κ2) is 8.04. The van der Waals surface area contributed by atoms with Crippen LogP contribution in [0.4, 0.5) is 4.39 Å². The smallest absolute Gasteiger partial charge is 0.220 e. The fourth-order valence-corrected chi connectivity index (χ4v) is 1.83. The molecule has 1 amide bonds. The Morgan fingerprint density at radius 2 is 1.76 bits per heavy atom. The summed E-state index contributed by atoms with van der Waals surface area (Å²) in [7, 11) is 0. The fourth-order valence-electron chi connectivity index (χ4n) is 1.83. The minimum absolute atomic E-state index is 0.0315. The molecule has 2 rings (SSSR count). The molecule has 0 aliphatic rings. The summed E-state index contributed by atoms with van der Waals surface area (Å²) in [5, 5.41) is 2.80. The molecule has 1 N–H and O–H groups in total. The van der Waals surface area contributed by atoms with Gasteiger partial charge in [0.2, 0.25) is 5.91 Å². The summed E-state index contributed by atoms with van der Waals surface area (Å²) >= 11 is 0. The van der Waals surface area contributed by atoms with E-state index in [4.69, 9.17) is 4.74 Å². The van der Waals surface area contributed by atoms with Crippen LogP contribution in [0.15, 0.2) is 54.6 Å². The van der Waals surface area contributed by atoms with Crippen LogP contribution in [0, 0.1) is 5.82 Å². The average Bonchev–Trinajstić information content (AvgIpc) is 2.52. The molecule has 0 bridgehead atoms. The van der Waals surface area contributed by atoms with Crippen molar-refractivity contribution >= 4 is 5.91 Å². The van der Waals surface area contributed by atoms with Crippen molar-refractivity contribution in [2.24, 2.45) is 0 Å². The van der Waals surface area contributed by atoms with Crippen molar-refractivity contribution in [3.05, 3.63) is 66.0 Å². The van der Waals surface area contributed by atoms with E-state index in [-0.39, 0.29) is 11.7 Å². The first-order valence-corrected chi connectivity index (χ1v) is 6.93. The molecule has 0 aliphatic heterocycles. The van der Waals surface area contributed by atoms with Crippen LogP contribution < -0.4 is 10.1 Å². The number of amides is 1. The summed E-state index contributed by atoms with van der Waals surface area (Å²) in [5.74, 6) is 0.503. The zero-order valence-corrected chi connectivity index (χ0v) is 11.7. The maximum atomic E-state index is 12.7. The molecule has 0 saturated heterocycles. The van der Waals surface area contributed by atoms with E-state index in [2.05, 4.69) is 5.32 Å². The molecule has 4 heteroatoms. The van der Waals surface area contributed by atoms with Crippen LogP contribution in [-0.4, -0.2) is 12.5 Å². The summed E-state index contributed by atoms with van der Waals surface area (Å²) in [5.41, 5.74) is 0.880. The Labute approximate surface area is 123 Å². The number of para-hydroxylation sites is 1. The summed E-state index contributed by atoms with van der Waals surface area (Å²) in [4.78, 5) is 11.7. The van der Waals surface area contributed by atoms with E-state index in [1.165, 1.54) is 12.1 Å². The van der Waals surface area contributed by atoms with Crippen LogP contribution in [0.2, 0.25) is 0 Å². The molecule has 0 unspecified atom stereocenters. The van der Waals surface area contributed by atoms with Crippen molar-refractivity contribution in [2.45, 2.75) is 19.4 Å². The van der Waals surface area contributed by atoms with E-state index in [9.17, 15) is 9.18 Å². The molecule has 0 fully saturated rings. The number of ether oxygens (including phenoxy) is 1. The van der Waals surface area contributed by atoms with Gasteiger partial charge in [-0.05, 0) is 36.2 Å². The third kappa shape index (κ3) is 5.65. The highest BCUT2D eigenvalue weighted by molar-refractivity contribution is 5.75. The van der Waals surface area contributed by atoms with E-state index in [1.807, 2.05) is 30.3 Å². The number of carbonyl (C=O) groups is 1. The molecule has 0 spiro atoms. The topological polar surface area (TPSA) is 38.3 Å². The lowest BCUT2D eigenvalue weighted by Gasteiger charge is -2.07. The third-order valence-corrected chi connectivity index (χ3v) is 2.96. The minimum atomic E-state index is -0.275. The maximum Gasteiger partial charge on any atom is 0.220 e. The Balaban J connectivity index is 1.60. The van der Waals surface area contributed by atoms with Crippen molar-refractivity contribution in [3.63, 3.8) is 0 Å². The van der Waals surface area contributed by atoms with Crippen LogP contribution in [-0.2, 0) is 11.3 Å². The van der Waals surface area contributed by atoms with E-state index in [1.54, 1.807) is 12.1 Å². The summed E-state index contributed by atoms with van der Waals surface area (Å²) < 4.78 is 18.2. The lowest BCUT2D eigenvalue weighted by atomic mass is 10.2. The van der Waals surface area contributed by atoms with E-state index in [0.29, 0.717) is 26.0 Å². The van der Waals surface area contributed by atoms with Gasteiger partial charge >= 0.3 is 0 Å². The molecule has 0 atom stereocenters. The maximum absolute atomic E-state index is 12.7. The molecule has 21 heavy (non-hydrogen) atoms. The van der Waals surface area contributed by atoms with Crippen molar-refractivity contribution in [1.82, 2.24) is 5.32 Å². The van der Waals surface area contributed by atoms with Crippen molar-refractivity contribution in [2.75, 3.05) is 6.61 Å². The zero-order chi connectivity index (χ0) is 14.9. The van der Waals surface area contributed by atoms with Crippen LogP contribution in [0.25, 0.3) is 0 Å². The van der Waals surface area contributed by atoms with Gasteiger partial charge in [-0.2, -0.15) is 0 Å². The van der Waals surface area contributed by atoms with Crippen molar-refractivity contribution in [1.29, 1.82) is 0 Å². The Hall–Kier alpha value is -2.36. The normalized spacial score (nSPS) is 10.1. The molecule has 0 aliphatic carbocycles. The highest BCUT2D eigenvalue weighted by atomic mass is 19.1. The van der Waals surface area contributed by atoms with Gasteiger partial charge in [0.25, 0.3) is 0 Å². The highest BCUT2D eigenvalue weighted by Gasteiger charge is 2.02. The Bertz CT molecular complexity index is 555. The Kier molecular flexibility index (Phi) is 5.76. The van der Waals surface area contributed by atoms with Gasteiger partial charge in [-0.3, -0.25) is 4.79 Å². The number of nitrogens with one attached hydrogen (secondary N) is 1. The van der Waals surface area contributed by atoms with E-state index in [0.717, 1.165) is 11.3 Å². The largest absolute Gasteiger partial charge is 0.494 e. The molecular weight excluding hydrogens is 269 g/mol. The van der Waals surface area contributed by atoms with Gasteiger partial charge in [0.05, 0.1) is 6.61 Å². The predicted molar refractivity (Wildman–Crippen MR) is 79.4 cm³/mol. The molecule has 0 aromatic heterocycles. The van der Waals surface area contributed by atoms with Crippen LogP contribution in [0.1, 0.15) is 18.4 Å². The lowest BCUT2D eigenvalue weighted by Crippen LogP contribution is -2.22. The van der Waals surface area contributed by atoms with Crippen molar-refractivity contribution < 1.29 is 13.9 Å². The number of hydrogen-bond donors (Lipinski definition) is 1. The lowest BCUT2D eigenvalue weighted by molar-refractivity contribution is -0.121. The van der Waals surface area contributed by atoms with Gasteiger partial charge in [0.15, 0.2) is 0 Å². The summed E-state index contributed by atoms with van der Waals surface area (Å²) in [6, 6.07) is 15.6. The first kappa shape index (κ1) is 15.0. The van der Waals surface area contributed by atoms with Gasteiger partial charge < -0.3 is 10.1 Å². The first-order chi connectivity index (χ1) is 10.2. The van der Waals surface area contributed by atoms with Gasteiger partial charge in [0.1, 0.15) is 11.6 Å². The number of carbonyl (C=O) groups excluding carboxylic acids is 1. The molecule has 2 aromatic rings. The molecule has 3 nitrogen and oxygen atoms in total. The second-order valence-corrected chi connectivity index (χ2v) is 4.67. The van der Waals surface area contributed by atoms with E-state index < -0.39 is 0 Å². The van der Waals surface area contributed by atoms with E-state index >= 15 is 0 Å². The van der Waals surface area contributed by atoms with Crippen LogP contribution in [0.5, 0.6) is 5.75 Å². The molecule has 0 radical (unpaired) electrons. The molecule has 0 heterocycles. The quantitative estimate of drug-likeness (QED) is 0.793.